The van der Waals surface area contributed by atoms with E-state index in [0.717, 1.165) is 22.0 Å². The first-order valence-corrected chi connectivity index (χ1v) is 9.18. The van der Waals surface area contributed by atoms with Crippen molar-refractivity contribution in [2.75, 3.05) is 12.4 Å². The summed E-state index contributed by atoms with van der Waals surface area (Å²) in [6.45, 7) is 0. The average Bonchev–Trinajstić information content (AvgIpc) is 2.79. The van der Waals surface area contributed by atoms with Crippen molar-refractivity contribution in [3.63, 3.8) is 0 Å². The molecule has 1 amide bonds. The Morgan fingerprint density at radius 3 is 2.10 bits per heavy atom. The lowest BCUT2D eigenvalue weighted by molar-refractivity contribution is 0.0600. The Labute approximate surface area is 172 Å². The molecule has 7 nitrogen and oxygen atoms in total. The minimum absolute atomic E-state index is 0.389. The monoisotopic (exact) mass is 398 g/mol. The predicted octanol–water partition coefficient (Wildman–Crippen LogP) is 3.93. The number of anilines is 2. The third-order valence-corrected chi connectivity index (χ3v) is 4.70. The number of rotatable bonds is 5. The Bertz CT molecular complexity index is 1240. The third-order valence-electron chi connectivity index (χ3n) is 4.70. The summed E-state index contributed by atoms with van der Waals surface area (Å²) in [5, 5.41) is 13.8. The number of primary amides is 1. The molecule has 0 atom stereocenters. The molecule has 0 unspecified atom stereocenters. The summed E-state index contributed by atoms with van der Waals surface area (Å²) in [6, 6.07) is 21.6. The fourth-order valence-electron chi connectivity index (χ4n) is 3.15. The average molecular weight is 398 g/mol. The molecule has 0 saturated heterocycles. The number of aromatic nitrogens is 2. The van der Waals surface area contributed by atoms with Gasteiger partial charge in [0, 0.05) is 27.6 Å². The van der Waals surface area contributed by atoms with Gasteiger partial charge in [-0.05, 0) is 36.4 Å². The summed E-state index contributed by atoms with van der Waals surface area (Å²) in [5.74, 6) is -0.277. The van der Waals surface area contributed by atoms with E-state index in [1.807, 2.05) is 36.4 Å². The van der Waals surface area contributed by atoms with Crippen molar-refractivity contribution in [2.45, 2.75) is 0 Å². The first-order chi connectivity index (χ1) is 14.6. The van der Waals surface area contributed by atoms with E-state index in [-0.39, 0.29) is 5.97 Å². The Morgan fingerprint density at radius 1 is 0.833 bits per heavy atom. The predicted molar refractivity (Wildman–Crippen MR) is 115 cm³/mol. The highest BCUT2D eigenvalue weighted by Crippen LogP contribution is 2.31. The van der Waals surface area contributed by atoms with Crippen LogP contribution in [0.1, 0.15) is 20.7 Å². The zero-order valence-electron chi connectivity index (χ0n) is 16.1. The zero-order chi connectivity index (χ0) is 21.1. The summed E-state index contributed by atoms with van der Waals surface area (Å²) >= 11 is 0. The number of nitrogens with zero attached hydrogens (tertiary/aromatic N) is 2. The second kappa shape index (κ2) is 8.00. The quantitative estimate of drug-likeness (QED) is 0.493. The normalized spacial score (nSPS) is 10.6. The number of nitrogens with two attached hydrogens (primary N) is 1. The van der Waals surface area contributed by atoms with Crippen molar-refractivity contribution in [2.24, 2.45) is 5.73 Å². The number of nitrogens with one attached hydrogen (secondary N) is 1. The van der Waals surface area contributed by atoms with Gasteiger partial charge in [-0.15, -0.1) is 10.2 Å². The highest BCUT2D eigenvalue weighted by atomic mass is 16.5. The van der Waals surface area contributed by atoms with Crippen LogP contribution in [0.5, 0.6) is 0 Å². The van der Waals surface area contributed by atoms with Gasteiger partial charge in [0.15, 0.2) is 5.82 Å². The summed E-state index contributed by atoms with van der Waals surface area (Å²) in [4.78, 5) is 22.9. The number of amides is 1. The zero-order valence-corrected chi connectivity index (χ0v) is 16.1. The lowest BCUT2D eigenvalue weighted by Gasteiger charge is -2.11. The number of ether oxygens (including phenoxy) is 1. The van der Waals surface area contributed by atoms with E-state index < -0.39 is 5.91 Å². The lowest BCUT2D eigenvalue weighted by atomic mass is 10.0. The smallest absolute Gasteiger partial charge is 0.337 e. The minimum Gasteiger partial charge on any atom is -0.465 e. The molecule has 0 fully saturated rings. The minimum atomic E-state index is -0.477. The van der Waals surface area contributed by atoms with Crippen LogP contribution in [-0.2, 0) is 4.74 Å². The van der Waals surface area contributed by atoms with Crippen LogP contribution in [0.25, 0.3) is 22.0 Å². The SMILES string of the molecule is COC(=O)c1ccc(-c2nnc(Nc3ccc(C(N)=O)cc3)c3ccccc23)cc1. The lowest BCUT2D eigenvalue weighted by Crippen LogP contribution is -2.10. The molecule has 0 spiro atoms. The van der Waals surface area contributed by atoms with Gasteiger partial charge in [-0.1, -0.05) is 36.4 Å². The van der Waals surface area contributed by atoms with Gasteiger partial charge >= 0.3 is 5.97 Å². The van der Waals surface area contributed by atoms with Crippen LogP contribution >= 0.6 is 0 Å². The molecule has 7 heteroatoms. The van der Waals surface area contributed by atoms with E-state index in [4.69, 9.17) is 10.5 Å². The number of hydrogen-bond acceptors (Lipinski definition) is 6. The van der Waals surface area contributed by atoms with E-state index in [2.05, 4.69) is 15.5 Å². The van der Waals surface area contributed by atoms with E-state index in [1.54, 1.807) is 36.4 Å². The van der Waals surface area contributed by atoms with E-state index in [0.29, 0.717) is 22.6 Å². The molecule has 0 aliphatic heterocycles. The first kappa shape index (κ1) is 19.1. The Morgan fingerprint density at radius 2 is 1.47 bits per heavy atom. The third kappa shape index (κ3) is 3.68. The maximum absolute atomic E-state index is 11.7. The van der Waals surface area contributed by atoms with Crippen LogP contribution in [0.4, 0.5) is 11.5 Å². The van der Waals surface area contributed by atoms with Gasteiger partial charge < -0.3 is 15.8 Å². The van der Waals surface area contributed by atoms with Crippen molar-refractivity contribution in [3.8, 4) is 11.3 Å². The molecule has 0 radical (unpaired) electrons. The summed E-state index contributed by atoms with van der Waals surface area (Å²) < 4.78 is 4.74. The highest BCUT2D eigenvalue weighted by Gasteiger charge is 2.12. The largest absolute Gasteiger partial charge is 0.465 e. The number of benzene rings is 3. The van der Waals surface area contributed by atoms with Crippen molar-refractivity contribution in [1.29, 1.82) is 0 Å². The summed E-state index contributed by atoms with van der Waals surface area (Å²) in [7, 11) is 1.35. The molecule has 4 aromatic rings. The number of esters is 1. The molecule has 3 N–H and O–H groups in total. The summed E-state index contributed by atoms with van der Waals surface area (Å²) in [5.41, 5.74) is 8.49. The topological polar surface area (TPSA) is 107 Å². The van der Waals surface area contributed by atoms with Crippen LogP contribution in [0, 0.1) is 0 Å². The molecule has 0 saturated carbocycles. The number of methoxy groups -OCH3 is 1. The van der Waals surface area contributed by atoms with Gasteiger partial charge in [-0.3, -0.25) is 4.79 Å². The van der Waals surface area contributed by atoms with Crippen LogP contribution in [0.2, 0.25) is 0 Å². The molecule has 0 bridgehead atoms. The number of hydrogen-bond donors (Lipinski definition) is 2. The number of carbonyl (C=O) groups excluding carboxylic acids is 2. The van der Waals surface area contributed by atoms with Crippen molar-refractivity contribution in [1.82, 2.24) is 10.2 Å². The number of carbonyl (C=O) groups is 2. The van der Waals surface area contributed by atoms with Crippen LogP contribution in [0.15, 0.2) is 72.8 Å². The molecule has 3 aromatic carbocycles. The first-order valence-electron chi connectivity index (χ1n) is 9.18. The molecular weight excluding hydrogens is 380 g/mol. The molecule has 148 valence electrons. The Kier molecular flexibility index (Phi) is 5.09. The maximum atomic E-state index is 11.7. The molecular formula is C23H18N4O3. The van der Waals surface area contributed by atoms with Crippen molar-refractivity contribution >= 4 is 34.2 Å². The van der Waals surface area contributed by atoms with Crippen LogP contribution in [0.3, 0.4) is 0 Å². The van der Waals surface area contributed by atoms with Gasteiger partial charge in [-0.25, -0.2) is 4.79 Å². The van der Waals surface area contributed by atoms with E-state index >= 15 is 0 Å². The Hall–Kier alpha value is -4.26. The fourth-order valence-corrected chi connectivity index (χ4v) is 3.15. The standard InChI is InChI=1S/C23H18N4O3/c1-30-23(29)16-8-6-14(7-9-16)20-18-4-2-3-5-19(18)22(27-26-20)25-17-12-10-15(11-13-17)21(24)28/h2-13H,1H3,(H2,24,28)(H,25,27). The highest BCUT2D eigenvalue weighted by molar-refractivity contribution is 6.01. The molecule has 0 aliphatic rings. The van der Waals surface area contributed by atoms with Crippen molar-refractivity contribution in [3.05, 3.63) is 83.9 Å². The van der Waals surface area contributed by atoms with Crippen LogP contribution in [-0.4, -0.2) is 29.2 Å². The van der Waals surface area contributed by atoms with Crippen molar-refractivity contribution < 1.29 is 14.3 Å². The molecule has 1 heterocycles. The van der Waals surface area contributed by atoms with E-state index in [1.165, 1.54) is 7.11 Å². The molecule has 30 heavy (non-hydrogen) atoms. The molecule has 0 aliphatic carbocycles. The van der Waals surface area contributed by atoms with Crippen LogP contribution < -0.4 is 11.1 Å². The van der Waals surface area contributed by atoms with Gasteiger partial charge in [0.1, 0.15) is 5.69 Å². The van der Waals surface area contributed by atoms with Gasteiger partial charge in [-0.2, -0.15) is 0 Å². The fraction of sp³-hybridized carbons (Fsp3) is 0.0435. The second-order valence-corrected chi connectivity index (χ2v) is 6.58. The summed E-state index contributed by atoms with van der Waals surface area (Å²) in [6.07, 6.45) is 0. The van der Waals surface area contributed by atoms with Gasteiger partial charge in [0.2, 0.25) is 5.91 Å². The van der Waals surface area contributed by atoms with E-state index in [9.17, 15) is 9.59 Å². The van der Waals surface area contributed by atoms with Gasteiger partial charge in [0.25, 0.3) is 0 Å². The number of fused-ring (bicyclic) bond motifs is 1. The maximum Gasteiger partial charge on any atom is 0.337 e. The molecule has 1 aromatic heterocycles. The molecule has 4 rings (SSSR count). The van der Waals surface area contributed by atoms with Gasteiger partial charge in [0.05, 0.1) is 12.7 Å². The Balaban J connectivity index is 1.71. The second-order valence-electron chi connectivity index (χ2n) is 6.58.